The number of ether oxygens (including phenoxy) is 1. The lowest BCUT2D eigenvalue weighted by atomic mass is 10.1. The van der Waals surface area contributed by atoms with E-state index in [1.807, 2.05) is 6.07 Å². The molecule has 3 rings (SSSR count). The topological polar surface area (TPSA) is 59.3 Å². The number of aromatic nitrogens is 2. The van der Waals surface area contributed by atoms with Crippen molar-refractivity contribution in [3.8, 4) is 11.5 Å². The predicted molar refractivity (Wildman–Crippen MR) is 96.9 cm³/mol. The quantitative estimate of drug-likeness (QED) is 0.655. The van der Waals surface area contributed by atoms with E-state index in [-0.39, 0.29) is 5.56 Å². The van der Waals surface area contributed by atoms with Gasteiger partial charge >= 0.3 is 0 Å². The Balaban J connectivity index is 1.87. The second-order valence-electron chi connectivity index (χ2n) is 5.21. The Bertz CT molecular complexity index is 1010. The average molecular weight is 372 g/mol. The number of aromatic amines is 1. The summed E-state index contributed by atoms with van der Waals surface area (Å²) in [5.41, 5.74) is 1.75. The highest BCUT2D eigenvalue weighted by molar-refractivity contribution is 6.32. The fourth-order valence-corrected chi connectivity index (χ4v) is 2.59. The molecule has 0 aliphatic carbocycles. The van der Waals surface area contributed by atoms with Gasteiger partial charge in [0.25, 0.3) is 5.56 Å². The van der Waals surface area contributed by atoms with Crippen LogP contribution in [0.15, 0.2) is 53.3 Å². The number of halogens is 2. The van der Waals surface area contributed by atoms with E-state index in [0.29, 0.717) is 39.3 Å². The van der Waals surface area contributed by atoms with Gasteiger partial charge in [-0.15, -0.1) is 0 Å². The van der Waals surface area contributed by atoms with Crippen LogP contribution in [0.25, 0.3) is 4.85 Å². The first-order valence-corrected chi connectivity index (χ1v) is 7.98. The molecular weight excluding hydrogens is 361 g/mol. The monoisotopic (exact) mass is 371 g/mol. The predicted octanol–water partition coefficient (Wildman–Crippen LogP) is 5.01. The van der Waals surface area contributed by atoms with E-state index in [1.54, 1.807) is 36.4 Å². The molecule has 0 saturated carbocycles. The van der Waals surface area contributed by atoms with E-state index >= 15 is 0 Å². The van der Waals surface area contributed by atoms with Crippen molar-refractivity contribution in [1.29, 1.82) is 0 Å². The summed E-state index contributed by atoms with van der Waals surface area (Å²) in [5, 5.41) is 7.22. The van der Waals surface area contributed by atoms with Crippen molar-refractivity contribution >= 4 is 28.9 Å². The van der Waals surface area contributed by atoms with Crippen molar-refractivity contribution in [3.05, 3.63) is 91.6 Å². The molecule has 1 heterocycles. The van der Waals surface area contributed by atoms with Crippen LogP contribution in [-0.4, -0.2) is 10.2 Å². The first kappa shape index (κ1) is 17.0. The van der Waals surface area contributed by atoms with Gasteiger partial charge in [-0.2, -0.15) is 5.10 Å². The van der Waals surface area contributed by atoms with Crippen LogP contribution in [0.1, 0.15) is 11.3 Å². The van der Waals surface area contributed by atoms with Crippen LogP contribution in [0, 0.1) is 6.57 Å². The number of benzene rings is 2. The molecule has 0 unspecified atom stereocenters. The van der Waals surface area contributed by atoms with Crippen molar-refractivity contribution < 1.29 is 4.74 Å². The van der Waals surface area contributed by atoms with Crippen LogP contribution >= 0.6 is 23.2 Å². The van der Waals surface area contributed by atoms with Gasteiger partial charge in [0.05, 0.1) is 17.3 Å². The maximum Gasteiger partial charge on any atom is 0.264 e. The molecular formula is C18H11Cl2N3O2. The van der Waals surface area contributed by atoms with E-state index in [0.717, 1.165) is 5.56 Å². The van der Waals surface area contributed by atoms with Crippen molar-refractivity contribution in [3.63, 3.8) is 0 Å². The minimum atomic E-state index is -0.250. The van der Waals surface area contributed by atoms with E-state index in [9.17, 15) is 4.79 Å². The second-order valence-corrected chi connectivity index (χ2v) is 6.06. The highest BCUT2D eigenvalue weighted by Gasteiger charge is 2.08. The first-order valence-electron chi connectivity index (χ1n) is 7.22. The van der Waals surface area contributed by atoms with Gasteiger partial charge in [0.15, 0.2) is 5.69 Å². The molecule has 0 spiro atoms. The van der Waals surface area contributed by atoms with E-state index in [2.05, 4.69) is 15.0 Å². The van der Waals surface area contributed by atoms with Gasteiger partial charge < -0.3 is 4.74 Å². The number of rotatable bonds is 4. The standard InChI is InChI=1S/C18H11Cl2N3O2/c1-21-14-8-12(19)9-15(10-14)25-17-7-11(2-4-16(17)20)6-13-3-5-18(24)23-22-13/h2-5,7-10H,6H2,(H,23,24). The smallest absolute Gasteiger partial charge is 0.264 e. The largest absolute Gasteiger partial charge is 0.457 e. The Hall–Kier alpha value is -2.81. The summed E-state index contributed by atoms with van der Waals surface area (Å²) in [6.45, 7) is 7.09. The summed E-state index contributed by atoms with van der Waals surface area (Å²) >= 11 is 12.2. The number of nitrogens with one attached hydrogen (secondary N) is 1. The molecule has 1 N–H and O–H groups in total. The molecule has 0 bridgehead atoms. The lowest BCUT2D eigenvalue weighted by Crippen LogP contribution is -2.07. The lowest BCUT2D eigenvalue weighted by molar-refractivity contribution is 0.482. The van der Waals surface area contributed by atoms with Gasteiger partial charge in [-0.25, -0.2) is 9.94 Å². The number of nitrogens with zero attached hydrogens (tertiary/aromatic N) is 2. The molecule has 0 saturated heterocycles. The third-order valence-corrected chi connectivity index (χ3v) is 3.86. The minimum Gasteiger partial charge on any atom is -0.457 e. The fourth-order valence-electron chi connectivity index (χ4n) is 2.22. The SMILES string of the molecule is [C-]#[N+]c1cc(Cl)cc(Oc2cc(Cc3ccc(=O)[nH]n3)ccc2Cl)c1. The Labute approximate surface area is 153 Å². The number of hydrogen-bond donors (Lipinski definition) is 1. The maximum atomic E-state index is 11.1. The van der Waals surface area contributed by atoms with Crippen LogP contribution in [0.5, 0.6) is 11.5 Å². The van der Waals surface area contributed by atoms with Crippen LogP contribution in [-0.2, 0) is 6.42 Å². The number of hydrogen-bond acceptors (Lipinski definition) is 3. The molecule has 0 radical (unpaired) electrons. The normalized spacial score (nSPS) is 10.3. The van der Waals surface area contributed by atoms with Gasteiger partial charge in [-0.1, -0.05) is 29.3 Å². The van der Waals surface area contributed by atoms with Gasteiger partial charge in [0, 0.05) is 17.5 Å². The third kappa shape index (κ3) is 4.38. The summed E-state index contributed by atoms with van der Waals surface area (Å²) in [4.78, 5) is 14.4. The summed E-state index contributed by atoms with van der Waals surface area (Å²) in [7, 11) is 0. The van der Waals surface area contributed by atoms with Crippen molar-refractivity contribution in [2.24, 2.45) is 0 Å². The van der Waals surface area contributed by atoms with E-state index in [1.165, 1.54) is 6.07 Å². The summed E-state index contributed by atoms with van der Waals surface area (Å²) in [6.07, 6.45) is 0.507. The van der Waals surface area contributed by atoms with E-state index < -0.39 is 0 Å². The molecule has 0 atom stereocenters. The number of H-pyrrole nitrogens is 1. The molecule has 0 amide bonds. The van der Waals surface area contributed by atoms with Crippen molar-refractivity contribution in [2.45, 2.75) is 6.42 Å². The van der Waals surface area contributed by atoms with Crippen LogP contribution in [0.3, 0.4) is 0 Å². The summed E-state index contributed by atoms with van der Waals surface area (Å²) in [6, 6.07) is 13.2. The zero-order valence-corrected chi connectivity index (χ0v) is 14.3. The van der Waals surface area contributed by atoms with Crippen LogP contribution in [0.4, 0.5) is 5.69 Å². The van der Waals surface area contributed by atoms with Gasteiger partial charge in [0.1, 0.15) is 11.5 Å². The van der Waals surface area contributed by atoms with Gasteiger partial charge in [-0.3, -0.25) is 4.79 Å². The Kier molecular flexibility index (Phi) is 5.03. The summed E-state index contributed by atoms with van der Waals surface area (Å²) in [5.74, 6) is 0.876. The highest BCUT2D eigenvalue weighted by Crippen LogP contribution is 2.34. The molecule has 1 aromatic heterocycles. The third-order valence-electron chi connectivity index (χ3n) is 3.33. The lowest BCUT2D eigenvalue weighted by Gasteiger charge is -2.10. The van der Waals surface area contributed by atoms with Crippen LogP contribution < -0.4 is 10.3 Å². The average Bonchev–Trinajstić information content (AvgIpc) is 2.59. The second kappa shape index (κ2) is 7.39. The fraction of sp³-hybridized carbons (Fsp3) is 0.0556. The molecule has 2 aromatic carbocycles. The van der Waals surface area contributed by atoms with Gasteiger partial charge in [0.2, 0.25) is 0 Å². The first-order chi connectivity index (χ1) is 12.0. The summed E-state index contributed by atoms with van der Waals surface area (Å²) < 4.78 is 5.79. The Morgan fingerprint density at radius 2 is 1.96 bits per heavy atom. The van der Waals surface area contributed by atoms with Crippen LogP contribution in [0.2, 0.25) is 10.0 Å². The Morgan fingerprint density at radius 1 is 1.12 bits per heavy atom. The molecule has 25 heavy (non-hydrogen) atoms. The molecule has 3 aromatic rings. The maximum absolute atomic E-state index is 11.1. The zero-order chi connectivity index (χ0) is 17.8. The molecule has 0 aliphatic rings. The van der Waals surface area contributed by atoms with Gasteiger partial charge in [-0.05, 0) is 42.0 Å². The highest BCUT2D eigenvalue weighted by atomic mass is 35.5. The molecule has 5 nitrogen and oxygen atoms in total. The molecule has 0 aliphatic heterocycles. The zero-order valence-electron chi connectivity index (χ0n) is 12.8. The molecule has 7 heteroatoms. The van der Waals surface area contributed by atoms with Crippen molar-refractivity contribution in [1.82, 2.24) is 10.2 Å². The minimum absolute atomic E-state index is 0.250. The molecule has 124 valence electrons. The van der Waals surface area contributed by atoms with Crippen molar-refractivity contribution in [2.75, 3.05) is 0 Å². The Morgan fingerprint density at radius 3 is 2.68 bits per heavy atom. The van der Waals surface area contributed by atoms with E-state index in [4.69, 9.17) is 34.5 Å². The molecule has 0 fully saturated rings.